The fourth-order valence-corrected chi connectivity index (χ4v) is 1.99. The molecule has 1 aliphatic carbocycles. The van der Waals surface area contributed by atoms with E-state index < -0.39 is 11.5 Å². The van der Waals surface area contributed by atoms with E-state index in [-0.39, 0.29) is 18.2 Å². The maximum Gasteiger partial charge on any atom is 0.165 e. The molecule has 0 aliphatic heterocycles. The summed E-state index contributed by atoms with van der Waals surface area (Å²) in [7, 11) is 1.38. The SMILES string of the molecule is COc1ccc(C(F)(CN)C2CC2)cc1F. The molecule has 0 amide bonds. The van der Waals surface area contributed by atoms with Gasteiger partial charge >= 0.3 is 0 Å². The van der Waals surface area contributed by atoms with Crippen LogP contribution < -0.4 is 10.5 Å². The van der Waals surface area contributed by atoms with E-state index in [1.807, 2.05) is 0 Å². The molecule has 4 heteroatoms. The zero-order valence-corrected chi connectivity index (χ0v) is 9.17. The summed E-state index contributed by atoms with van der Waals surface area (Å²) in [5.74, 6) is -0.486. The summed E-state index contributed by atoms with van der Waals surface area (Å²) in [4.78, 5) is 0. The Labute approximate surface area is 93.4 Å². The van der Waals surface area contributed by atoms with Crippen LogP contribution in [-0.2, 0) is 5.67 Å². The van der Waals surface area contributed by atoms with E-state index in [0.717, 1.165) is 12.8 Å². The Morgan fingerprint density at radius 1 is 1.50 bits per heavy atom. The lowest BCUT2D eigenvalue weighted by atomic mass is 9.90. The highest BCUT2D eigenvalue weighted by atomic mass is 19.1. The second-order valence-electron chi connectivity index (χ2n) is 4.19. The zero-order chi connectivity index (χ0) is 11.8. The molecule has 1 unspecified atom stereocenters. The second-order valence-corrected chi connectivity index (χ2v) is 4.19. The number of hydrogen-bond acceptors (Lipinski definition) is 2. The van der Waals surface area contributed by atoms with Crippen LogP contribution in [0.25, 0.3) is 0 Å². The Kier molecular flexibility index (Phi) is 2.84. The highest BCUT2D eigenvalue weighted by Gasteiger charge is 2.46. The number of rotatable bonds is 4. The van der Waals surface area contributed by atoms with E-state index >= 15 is 0 Å². The average Bonchev–Trinajstić information content (AvgIpc) is 3.12. The number of nitrogens with two attached hydrogens (primary N) is 1. The molecule has 88 valence electrons. The van der Waals surface area contributed by atoms with E-state index in [1.54, 1.807) is 6.07 Å². The van der Waals surface area contributed by atoms with Crippen molar-refractivity contribution in [2.75, 3.05) is 13.7 Å². The van der Waals surface area contributed by atoms with Gasteiger partial charge in [0.05, 0.1) is 7.11 Å². The van der Waals surface area contributed by atoms with E-state index in [9.17, 15) is 8.78 Å². The van der Waals surface area contributed by atoms with Gasteiger partial charge in [-0.15, -0.1) is 0 Å². The van der Waals surface area contributed by atoms with Gasteiger partial charge in [0.15, 0.2) is 17.2 Å². The Morgan fingerprint density at radius 3 is 2.62 bits per heavy atom. The van der Waals surface area contributed by atoms with E-state index in [1.165, 1.54) is 19.2 Å². The van der Waals surface area contributed by atoms with Gasteiger partial charge in [0.1, 0.15) is 0 Å². The minimum Gasteiger partial charge on any atom is -0.494 e. The molecule has 16 heavy (non-hydrogen) atoms. The van der Waals surface area contributed by atoms with Crippen LogP contribution in [0.5, 0.6) is 5.75 Å². The molecule has 2 rings (SSSR count). The van der Waals surface area contributed by atoms with Crippen molar-refractivity contribution in [1.29, 1.82) is 0 Å². The number of methoxy groups -OCH3 is 1. The first-order valence-electron chi connectivity index (χ1n) is 5.35. The number of benzene rings is 1. The molecular weight excluding hydrogens is 212 g/mol. The Morgan fingerprint density at radius 2 is 2.19 bits per heavy atom. The van der Waals surface area contributed by atoms with Gasteiger partial charge in [-0.05, 0) is 36.5 Å². The topological polar surface area (TPSA) is 35.2 Å². The van der Waals surface area contributed by atoms with Crippen LogP contribution in [-0.4, -0.2) is 13.7 Å². The van der Waals surface area contributed by atoms with Gasteiger partial charge in [-0.2, -0.15) is 0 Å². The monoisotopic (exact) mass is 227 g/mol. The summed E-state index contributed by atoms with van der Waals surface area (Å²) in [6.07, 6.45) is 1.64. The molecule has 1 aliphatic rings. The third-order valence-corrected chi connectivity index (χ3v) is 3.15. The molecule has 1 aromatic rings. The van der Waals surface area contributed by atoms with Crippen molar-refractivity contribution in [2.45, 2.75) is 18.5 Å². The number of halogens is 2. The molecule has 0 spiro atoms. The summed E-state index contributed by atoms with van der Waals surface area (Å²) in [5, 5.41) is 0. The van der Waals surface area contributed by atoms with Gasteiger partial charge in [0, 0.05) is 6.54 Å². The molecule has 0 bridgehead atoms. The molecule has 0 saturated heterocycles. The molecule has 1 atom stereocenters. The molecule has 0 aromatic heterocycles. The maximum absolute atomic E-state index is 14.5. The predicted octanol–water partition coefficient (Wildman–Crippen LogP) is 2.37. The standard InChI is InChI=1S/C12H15F2NO/c1-16-11-5-4-9(6-10(11)13)12(14,7-15)8-2-3-8/h4-6,8H,2-3,7,15H2,1H3. The lowest BCUT2D eigenvalue weighted by Gasteiger charge is -2.24. The number of hydrogen-bond donors (Lipinski definition) is 1. The van der Waals surface area contributed by atoms with Crippen LogP contribution in [0.1, 0.15) is 18.4 Å². The normalized spacial score (nSPS) is 19.2. The van der Waals surface area contributed by atoms with Crippen molar-refractivity contribution >= 4 is 0 Å². The van der Waals surface area contributed by atoms with Gasteiger partial charge in [-0.1, -0.05) is 6.07 Å². The fourth-order valence-electron chi connectivity index (χ4n) is 1.99. The van der Waals surface area contributed by atoms with Crippen molar-refractivity contribution in [1.82, 2.24) is 0 Å². The van der Waals surface area contributed by atoms with Gasteiger partial charge < -0.3 is 10.5 Å². The summed E-state index contributed by atoms with van der Waals surface area (Å²) < 4.78 is 32.8. The first-order chi connectivity index (χ1) is 7.61. The fraction of sp³-hybridized carbons (Fsp3) is 0.500. The van der Waals surface area contributed by atoms with Crippen LogP contribution in [0.15, 0.2) is 18.2 Å². The minimum atomic E-state index is -1.59. The molecule has 0 heterocycles. The van der Waals surface area contributed by atoms with Gasteiger partial charge in [-0.25, -0.2) is 8.78 Å². The first-order valence-corrected chi connectivity index (χ1v) is 5.35. The van der Waals surface area contributed by atoms with Crippen molar-refractivity contribution in [3.8, 4) is 5.75 Å². The molecule has 2 nitrogen and oxygen atoms in total. The van der Waals surface area contributed by atoms with Gasteiger partial charge in [0.25, 0.3) is 0 Å². The van der Waals surface area contributed by atoms with Gasteiger partial charge in [0.2, 0.25) is 0 Å². The molecule has 2 N–H and O–H groups in total. The lowest BCUT2D eigenvalue weighted by Crippen LogP contribution is -2.32. The molecule has 1 aromatic carbocycles. The summed E-state index contributed by atoms with van der Waals surface area (Å²) in [6.45, 7) is -0.108. The van der Waals surface area contributed by atoms with Crippen molar-refractivity contribution in [3.05, 3.63) is 29.6 Å². The molecule has 0 radical (unpaired) electrons. The minimum absolute atomic E-state index is 0.0645. The van der Waals surface area contributed by atoms with Crippen molar-refractivity contribution in [2.24, 2.45) is 11.7 Å². The van der Waals surface area contributed by atoms with E-state index in [2.05, 4.69) is 0 Å². The van der Waals surface area contributed by atoms with E-state index in [0.29, 0.717) is 5.56 Å². The summed E-state index contributed by atoms with van der Waals surface area (Å²) in [5.41, 5.74) is 4.20. The summed E-state index contributed by atoms with van der Waals surface area (Å²) >= 11 is 0. The van der Waals surface area contributed by atoms with Crippen LogP contribution in [0.4, 0.5) is 8.78 Å². The first kappa shape index (κ1) is 11.3. The van der Waals surface area contributed by atoms with Crippen LogP contribution in [0.2, 0.25) is 0 Å². The second kappa shape index (κ2) is 4.01. The summed E-state index contributed by atoms with van der Waals surface area (Å²) in [6, 6.07) is 4.17. The van der Waals surface area contributed by atoms with Gasteiger partial charge in [-0.3, -0.25) is 0 Å². The van der Waals surface area contributed by atoms with Crippen molar-refractivity contribution < 1.29 is 13.5 Å². The quantitative estimate of drug-likeness (QED) is 0.857. The van der Waals surface area contributed by atoms with Crippen molar-refractivity contribution in [3.63, 3.8) is 0 Å². The van der Waals surface area contributed by atoms with Crippen LogP contribution in [0.3, 0.4) is 0 Å². The highest BCUT2D eigenvalue weighted by Crippen LogP contribution is 2.48. The number of ether oxygens (including phenoxy) is 1. The Bertz CT molecular complexity index is 393. The Hall–Kier alpha value is -1.16. The lowest BCUT2D eigenvalue weighted by molar-refractivity contribution is 0.142. The Balaban J connectivity index is 2.35. The predicted molar refractivity (Wildman–Crippen MR) is 57.5 cm³/mol. The third kappa shape index (κ3) is 1.78. The van der Waals surface area contributed by atoms with Crippen LogP contribution in [0, 0.1) is 11.7 Å². The molecule has 1 fully saturated rings. The maximum atomic E-state index is 14.5. The van der Waals surface area contributed by atoms with E-state index in [4.69, 9.17) is 10.5 Å². The smallest absolute Gasteiger partial charge is 0.165 e. The molecular formula is C12H15F2NO. The largest absolute Gasteiger partial charge is 0.494 e. The molecule has 1 saturated carbocycles. The van der Waals surface area contributed by atoms with Crippen LogP contribution >= 0.6 is 0 Å². The number of alkyl halides is 1. The average molecular weight is 227 g/mol. The third-order valence-electron chi connectivity index (χ3n) is 3.15. The zero-order valence-electron chi connectivity index (χ0n) is 9.17. The highest BCUT2D eigenvalue weighted by molar-refractivity contribution is 5.34.